The van der Waals surface area contributed by atoms with Crippen LogP contribution in [0, 0.1) is 0 Å². The van der Waals surface area contributed by atoms with Crippen molar-refractivity contribution < 1.29 is 19.1 Å². The first-order valence-corrected chi connectivity index (χ1v) is 10.4. The Bertz CT molecular complexity index is 1090. The number of aromatic nitrogens is 1. The lowest BCUT2D eigenvalue weighted by atomic mass is 10.1. The van der Waals surface area contributed by atoms with Gasteiger partial charge in [0.2, 0.25) is 0 Å². The highest BCUT2D eigenvalue weighted by Gasteiger charge is 2.13. The summed E-state index contributed by atoms with van der Waals surface area (Å²) in [4.78, 5) is 29.3. The van der Waals surface area contributed by atoms with Gasteiger partial charge in [0, 0.05) is 5.02 Å². The molecule has 2 aromatic carbocycles. The third-order valence-corrected chi connectivity index (χ3v) is 5.34. The number of nitrogens with zero attached hydrogens (tertiary/aromatic N) is 2. The predicted octanol–water partition coefficient (Wildman–Crippen LogP) is 3.99. The minimum Gasteiger partial charge on any atom is -0.494 e. The van der Waals surface area contributed by atoms with Crippen LogP contribution in [0.25, 0.3) is 10.2 Å². The monoisotopic (exact) mass is 432 g/mol. The standard InChI is InChI=1S/C21H21ClN2O4S/c1-3-27-16-9-10-17-18(12-16)29-21(24(17)13-20(26)28-4-2)23-19(25)11-14-5-7-15(22)8-6-14/h5-10,12H,3-4,11,13H2,1-2H3. The van der Waals surface area contributed by atoms with Crippen LogP contribution in [0.3, 0.4) is 0 Å². The Kier molecular flexibility index (Phi) is 7.06. The zero-order valence-electron chi connectivity index (χ0n) is 16.2. The molecular formula is C21H21ClN2O4S. The van der Waals surface area contributed by atoms with Gasteiger partial charge in [-0.1, -0.05) is 35.1 Å². The van der Waals surface area contributed by atoms with Gasteiger partial charge in [-0.25, -0.2) is 0 Å². The maximum Gasteiger partial charge on any atom is 0.326 e. The van der Waals surface area contributed by atoms with Crippen LogP contribution in [0.2, 0.25) is 5.02 Å². The van der Waals surface area contributed by atoms with E-state index in [1.165, 1.54) is 11.3 Å². The van der Waals surface area contributed by atoms with Crippen LogP contribution in [0.1, 0.15) is 19.4 Å². The van der Waals surface area contributed by atoms with E-state index < -0.39 is 0 Å². The smallest absolute Gasteiger partial charge is 0.326 e. The summed E-state index contributed by atoms with van der Waals surface area (Å²) in [7, 11) is 0. The zero-order chi connectivity index (χ0) is 20.8. The second kappa shape index (κ2) is 9.71. The van der Waals surface area contributed by atoms with Crippen molar-refractivity contribution in [1.29, 1.82) is 0 Å². The molecule has 152 valence electrons. The fourth-order valence-corrected chi connectivity index (χ4v) is 4.01. The van der Waals surface area contributed by atoms with Crippen LogP contribution in [0.15, 0.2) is 47.5 Å². The Balaban J connectivity index is 1.98. The highest BCUT2D eigenvalue weighted by atomic mass is 35.5. The van der Waals surface area contributed by atoms with Crippen molar-refractivity contribution in [2.24, 2.45) is 4.99 Å². The van der Waals surface area contributed by atoms with Gasteiger partial charge in [-0.05, 0) is 49.7 Å². The lowest BCUT2D eigenvalue weighted by Gasteiger charge is -2.06. The van der Waals surface area contributed by atoms with Crippen molar-refractivity contribution in [2.45, 2.75) is 26.8 Å². The number of hydrogen-bond donors (Lipinski definition) is 0. The third-order valence-electron chi connectivity index (χ3n) is 4.05. The molecule has 0 bridgehead atoms. The van der Waals surface area contributed by atoms with Crippen molar-refractivity contribution in [3.8, 4) is 5.75 Å². The van der Waals surface area contributed by atoms with Gasteiger partial charge in [0.1, 0.15) is 12.3 Å². The summed E-state index contributed by atoms with van der Waals surface area (Å²) in [6.45, 7) is 4.49. The van der Waals surface area contributed by atoms with E-state index in [1.54, 1.807) is 35.8 Å². The second-order valence-corrected chi connectivity index (χ2v) is 7.59. The number of benzene rings is 2. The number of carbonyl (C=O) groups is 2. The quantitative estimate of drug-likeness (QED) is 0.529. The van der Waals surface area contributed by atoms with E-state index >= 15 is 0 Å². The van der Waals surface area contributed by atoms with Gasteiger partial charge in [0.05, 0.1) is 29.9 Å². The molecule has 0 saturated carbocycles. The molecule has 1 amide bonds. The summed E-state index contributed by atoms with van der Waals surface area (Å²) in [5.74, 6) is 0.0396. The number of halogens is 1. The number of rotatable bonds is 7. The van der Waals surface area contributed by atoms with Gasteiger partial charge in [-0.2, -0.15) is 4.99 Å². The number of esters is 1. The first kappa shape index (κ1) is 21.1. The minimum atomic E-state index is -0.382. The summed E-state index contributed by atoms with van der Waals surface area (Å²) >= 11 is 7.22. The van der Waals surface area contributed by atoms with E-state index in [9.17, 15) is 9.59 Å². The molecule has 8 heteroatoms. The van der Waals surface area contributed by atoms with E-state index in [1.807, 2.05) is 25.1 Å². The molecule has 0 aliphatic heterocycles. The molecule has 3 rings (SSSR count). The van der Waals surface area contributed by atoms with Crippen molar-refractivity contribution in [2.75, 3.05) is 13.2 Å². The molecule has 0 N–H and O–H groups in total. The molecule has 0 atom stereocenters. The Labute approximate surface area is 177 Å². The lowest BCUT2D eigenvalue weighted by Crippen LogP contribution is -2.23. The molecule has 1 aromatic heterocycles. The second-order valence-electron chi connectivity index (χ2n) is 6.15. The normalized spacial score (nSPS) is 11.6. The molecular weight excluding hydrogens is 412 g/mol. The van der Waals surface area contributed by atoms with E-state index in [0.29, 0.717) is 16.4 Å². The van der Waals surface area contributed by atoms with Crippen LogP contribution in [-0.2, 0) is 27.3 Å². The number of amides is 1. The maximum atomic E-state index is 12.5. The number of fused-ring (bicyclic) bond motifs is 1. The first-order valence-electron chi connectivity index (χ1n) is 9.24. The van der Waals surface area contributed by atoms with Crippen molar-refractivity contribution in [3.05, 3.63) is 57.9 Å². The summed E-state index contributed by atoms with van der Waals surface area (Å²) in [6.07, 6.45) is 0.148. The average molecular weight is 433 g/mol. The molecule has 29 heavy (non-hydrogen) atoms. The largest absolute Gasteiger partial charge is 0.494 e. The Morgan fingerprint density at radius 2 is 1.86 bits per heavy atom. The highest BCUT2D eigenvalue weighted by Crippen LogP contribution is 2.23. The van der Waals surface area contributed by atoms with Crippen molar-refractivity contribution in [3.63, 3.8) is 0 Å². The zero-order valence-corrected chi connectivity index (χ0v) is 17.8. The summed E-state index contributed by atoms with van der Waals surface area (Å²) in [5.41, 5.74) is 1.62. The van der Waals surface area contributed by atoms with Gasteiger partial charge >= 0.3 is 5.97 Å². The van der Waals surface area contributed by atoms with Crippen molar-refractivity contribution in [1.82, 2.24) is 4.57 Å². The van der Waals surface area contributed by atoms with Crippen LogP contribution in [0.4, 0.5) is 0 Å². The molecule has 1 heterocycles. The fourth-order valence-electron chi connectivity index (χ4n) is 2.81. The van der Waals surface area contributed by atoms with E-state index in [2.05, 4.69) is 4.99 Å². The van der Waals surface area contributed by atoms with Crippen LogP contribution in [0.5, 0.6) is 5.75 Å². The number of hydrogen-bond acceptors (Lipinski definition) is 5. The molecule has 3 aromatic rings. The van der Waals surface area contributed by atoms with Crippen LogP contribution < -0.4 is 9.54 Å². The van der Waals surface area contributed by atoms with Gasteiger partial charge in [0.15, 0.2) is 4.80 Å². The summed E-state index contributed by atoms with van der Waals surface area (Å²) in [6, 6.07) is 12.6. The fraction of sp³-hybridized carbons (Fsp3) is 0.286. The molecule has 6 nitrogen and oxygen atoms in total. The summed E-state index contributed by atoms with van der Waals surface area (Å²) < 4.78 is 13.2. The lowest BCUT2D eigenvalue weighted by molar-refractivity contribution is -0.143. The third kappa shape index (κ3) is 5.46. The number of thiazole rings is 1. The minimum absolute atomic E-state index is 0.0190. The number of ether oxygens (including phenoxy) is 2. The molecule has 0 spiro atoms. The molecule has 0 unspecified atom stereocenters. The molecule has 0 fully saturated rings. The van der Waals surface area contributed by atoms with Gasteiger partial charge in [0.25, 0.3) is 5.91 Å². The Morgan fingerprint density at radius 3 is 2.55 bits per heavy atom. The average Bonchev–Trinajstić information content (AvgIpc) is 3.00. The molecule has 0 saturated heterocycles. The van der Waals surface area contributed by atoms with Gasteiger partial charge < -0.3 is 14.0 Å². The maximum absolute atomic E-state index is 12.5. The highest BCUT2D eigenvalue weighted by molar-refractivity contribution is 7.16. The van der Waals surface area contributed by atoms with E-state index in [0.717, 1.165) is 21.5 Å². The Morgan fingerprint density at radius 1 is 1.10 bits per heavy atom. The van der Waals surface area contributed by atoms with Gasteiger partial charge in [-0.15, -0.1) is 0 Å². The number of carbonyl (C=O) groups excluding carboxylic acids is 2. The SMILES string of the molecule is CCOC(=O)Cn1c(=NC(=O)Cc2ccc(Cl)cc2)sc2cc(OCC)ccc21. The molecule has 0 aliphatic carbocycles. The molecule has 0 radical (unpaired) electrons. The predicted molar refractivity (Wildman–Crippen MR) is 113 cm³/mol. The van der Waals surface area contributed by atoms with E-state index in [4.69, 9.17) is 21.1 Å². The van der Waals surface area contributed by atoms with Crippen molar-refractivity contribution >= 4 is 45.0 Å². The van der Waals surface area contributed by atoms with Crippen LogP contribution in [-0.4, -0.2) is 29.7 Å². The first-order chi connectivity index (χ1) is 14.0. The van der Waals surface area contributed by atoms with E-state index in [-0.39, 0.29) is 31.4 Å². The van der Waals surface area contributed by atoms with Crippen LogP contribution >= 0.6 is 22.9 Å². The van der Waals surface area contributed by atoms with Gasteiger partial charge in [-0.3, -0.25) is 9.59 Å². The Hall–Kier alpha value is -2.64. The topological polar surface area (TPSA) is 69.9 Å². The summed E-state index contributed by atoms with van der Waals surface area (Å²) in [5, 5.41) is 0.611. The molecule has 0 aliphatic rings.